The summed E-state index contributed by atoms with van der Waals surface area (Å²) in [5.41, 5.74) is 1.46. The molecule has 0 saturated heterocycles. The van der Waals surface area contributed by atoms with Crippen LogP contribution in [0.2, 0.25) is 0 Å². The predicted octanol–water partition coefficient (Wildman–Crippen LogP) is 2.39. The van der Waals surface area contributed by atoms with Gasteiger partial charge in [-0.15, -0.1) is 0 Å². The van der Waals surface area contributed by atoms with E-state index < -0.39 is 0 Å². The van der Waals surface area contributed by atoms with E-state index in [1.54, 1.807) is 18.2 Å². The standard InChI is InChI=1S/C19H19FN2O2/c20-17-9-5-4-8-14(17)12-22-19(24)16-10-15(16)18(23)21-11-13-6-2-1-3-7-13/h1-9,15-16H,10-12H2,(H,21,23)(H,22,24). The zero-order chi connectivity index (χ0) is 16.9. The molecule has 1 aliphatic rings. The van der Waals surface area contributed by atoms with Crippen molar-refractivity contribution in [2.75, 3.05) is 0 Å². The van der Waals surface area contributed by atoms with E-state index in [0.717, 1.165) is 5.56 Å². The molecule has 2 unspecified atom stereocenters. The number of nitrogens with one attached hydrogen (secondary N) is 2. The number of amides is 2. The summed E-state index contributed by atoms with van der Waals surface area (Å²) in [5.74, 6) is -1.24. The van der Waals surface area contributed by atoms with E-state index in [0.29, 0.717) is 18.5 Å². The summed E-state index contributed by atoms with van der Waals surface area (Å²) in [7, 11) is 0. The van der Waals surface area contributed by atoms with Gasteiger partial charge in [0, 0.05) is 18.7 Å². The minimum atomic E-state index is -0.342. The smallest absolute Gasteiger partial charge is 0.224 e. The van der Waals surface area contributed by atoms with E-state index in [-0.39, 0.29) is 36.0 Å². The molecule has 5 heteroatoms. The Morgan fingerprint density at radius 3 is 2.12 bits per heavy atom. The Morgan fingerprint density at radius 1 is 0.875 bits per heavy atom. The molecule has 2 N–H and O–H groups in total. The number of benzene rings is 2. The Kier molecular flexibility index (Phi) is 4.89. The van der Waals surface area contributed by atoms with Crippen molar-refractivity contribution in [2.45, 2.75) is 19.5 Å². The predicted molar refractivity (Wildman–Crippen MR) is 88.1 cm³/mol. The fourth-order valence-electron chi connectivity index (χ4n) is 2.65. The lowest BCUT2D eigenvalue weighted by Crippen LogP contribution is -2.29. The Hall–Kier alpha value is -2.69. The van der Waals surface area contributed by atoms with Gasteiger partial charge >= 0.3 is 0 Å². The number of carbonyl (C=O) groups is 2. The molecule has 0 aliphatic heterocycles. The Balaban J connectivity index is 1.43. The average molecular weight is 326 g/mol. The molecule has 4 nitrogen and oxygen atoms in total. The molecule has 1 fully saturated rings. The second-order valence-corrected chi connectivity index (χ2v) is 5.96. The van der Waals surface area contributed by atoms with Crippen LogP contribution in [0.4, 0.5) is 4.39 Å². The van der Waals surface area contributed by atoms with Gasteiger partial charge in [0.05, 0.1) is 11.8 Å². The fourth-order valence-corrected chi connectivity index (χ4v) is 2.65. The molecule has 3 rings (SSSR count). The monoisotopic (exact) mass is 326 g/mol. The highest BCUT2D eigenvalue weighted by molar-refractivity contribution is 5.92. The largest absolute Gasteiger partial charge is 0.352 e. The molecule has 0 aromatic heterocycles. The van der Waals surface area contributed by atoms with Crippen molar-refractivity contribution in [1.29, 1.82) is 0 Å². The van der Waals surface area contributed by atoms with E-state index in [9.17, 15) is 14.0 Å². The van der Waals surface area contributed by atoms with Crippen molar-refractivity contribution >= 4 is 11.8 Å². The molecule has 0 bridgehead atoms. The van der Waals surface area contributed by atoms with Gasteiger partial charge in [0.25, 0.3) is 0 Å². The van der Waals surface area contributed by atoms with Gasteiger partial charge in [0.1, 0.15) is 5.82 Å². The number of hydrogen-bond acceptors (Lipinski definition) is 2. The number of rotatable bonds is 6. The molecule has 124 valence electrons. The maximum Gasteiger partial charge on any atom is 0.224 e. The minimum absolute atomic E-state index is 0.107. The average Bonchev–Trinajstić information content (AvgIpc) is 3.40. The molecule has 1 saturated carbocycles. The summed E-state index contributed by atoms with van der Waals surface area (Å²) in [4.78, 5) is 24.1. The van der Waals surface area contributed by atoms with Crippen molar-refractivity contribution in [3.05, 3.63) is 71.5 Å². The van der Waals surface area contributed by atoms with Crippen LogP contribution in [-0.2, 0) is 22.7 Å². The maximum atomic E-state index is 13.5. The quantitative estimate of drug-likeness (QED) is 0.856. The fraction of sp³-hybridized carbons (Fsp3) is 0.263. The SMILES string of the molecule is O=C(NCc1ccccc1)C1CC1C(=O)NCc1ccccc1F. The van der Waals surface area contributed by atoms with Crippen molar-refractivity contribution in [3.8, 4) is 0 Å². The van der Waals surface area contributed by atoms with Gasteiger partial charge in [-0.05, 0) is 18.1 Å². The zero-order valence-corrected chi connectivity index (χ0v) is 13.2. The van der Waals surface area contributed by atoms with Crippen molar-refractivity contribution in [3.63, 3.8) is 0 Å². The van der Waals surface area contributed by atoms with Gasteiger partial charge in [0.15, 0.2) is 0 Å². The van der Waals surface area contributed by atoms with Gasteiger partial charge in [0.2, 0.25) is 11.8 Å². The highest BCUT2D eigenvalue weighted by atomic mass is 19.1. The van der Waals surface area contributed by atoms with Crippen LogP contribution < -0.4 is 10.6 Å². The first kappa shape index (κ1) is 16.2. The summed E-state index contributed by atoms with van der Waals surface area (Å²) in [6, 6.07) is 15.9. The summed E-state index contributed by atoms with van der Waals surface area (Å²) in [6.07, 6.45) is 0.545. The van der Waals surface area contributed by atoms with E-state index in [1.807, 2.05) is 30.3 Å². The third-order valence-electron chi connectivity index (χ3n) is 4.18. The van der Waals surface area contributed by atoms with Crippen LogP contribution in [0.1, 0.15) is 17.5 Å². The lowest BCUT2D eigenvalue weighted by Gasteiger charge is -2.07. The normalized spacial score (nSPS) is 18.7. The lowest BCUT2D eigenvalue weighted by molar-refractivity contribution is -0.127. The molecule has 2 aromatic rings. The van der Waals surface area contributed by atoms with E-state index in [4.69, 9.17) is 0 Å². The highest BCUT2D eigenvalue weighted by Gasteiger charge is 2.47. The van der Waals surface area contributed by atoms with Crippen molar-refractivity contribution < 1.29 is 14.0 Å². The second kappa shape index (κ2) is 7.25. The Bertz CT molecular complexity index is 733. The summed E-state index contributed by atoms with van der Waals surface area (Å²) in [6.45, 7) is 0.597. The molecule has 24 heavy (non-hydrogen) atoms. The van der Waals surface area contributed by atoms with Crippen LogP contribution in [0.3, 0.4) is 0 Å². The first-order chi connectivity index (χ1) is 11.6. The third-order valence-corrected chi connectivity index (χ3v) is 4.18. The summed E-state index contributed by atoms with van der Waals surface area (Å²) < 4.78 is 13.5. The second-order valence-electron chi connectivity index (χ2n) is 5.96. The van der Waals surface area contributed by atoms with Crippen LogP contribution >= 0.6 is 0 Å². The zero-order valence-electron chi connectivity index (χ0n) is 13.2. The molecule has 0 heterocycles. The molecular weight excluding hydrogens is 307 g/mol. The topological polar surface area (TPSA) is 58.2 Å². The van der Waals surface area contributed by atoms with E-state index in [1.165, 1.54) is 6.07 Å². The number of carbonyl (C=O) groups excluding carboxylic acids is 2. The van der Waals surface area contributed by atoms with Crippen molar-refractivity contribution in [1.82, 2.24) is 10.6 Å². The third kappa shape index (κ3) is 3.98. The lowest BCUT2D eigenvalue weighted by atomic mass is 10.2. The number of halogens is 1. The molecule has 0 radical (unpaired) electrons. The van der Waals surface area contributed by atoms with Crippen LogP contribution in [0.25, 0.3) is 0 Å². The van der Waals surface area contributed by atoms with Crippen LogP contribution in [0, 0.1) is 17.7 Å². The maximum absolute atomic E-state index is 13.5. The summed E-state index contributed by atoms with van der Waals surface area (Å²) >= 11 is 0. The molecule has 1 aliphatic carbocycles. The molecule has 2 amide bonds. The van der Waals surface area contributed by atoms with Gasteiger partial charge < -0.3 is 10.6 Å². The minimum Gasteiger partial charge on any atom is -0.352 e. The van der Waals surface area contributed by atoms with Gasteiger partial charge in [-0.25, -0.2) is 4.39 Å². The number of hydrogen-bond donors (Lipinski definition) is 2. The van der Waals surface area contributed by atoms with Crippen LogP contribution in [-0.4, -0.2) is 11.8 Å². The molecule has 2 aromatic carbocycles. The Labute approximate surface area is 140 Å². The highest BCUT2D eigenvalue weighted by Crippen LogP contribution is 2.38. The summed E-state index contributed by atoms with van der Waals surface area (Å²) in [5, 5.41) is 5.55. The van der Waals surface area contributed by atoms with Crippen molar-refractivity contribution in [2.24, 2.45) is 11.8 Å². The first-order valence-electron chi connectivity index (χ1n) is 7.98. The van der Waals surface area contributed by atoms with Gasteiger partial charge in [-0.1, -0.05) is 48.5 Å². The van der Waals surface area contributed by atoms with E-state index in [2.05, 4.69) is 10.6 Å². The Morgan fingerprint density at radius 2 is 1.46 bits per heavy atom. The molecule has 2 atom stereocenters. The molecular formula is C19H19FN2O2. The molecule has 0 spiro atoms. The van der Waals surface area contributed by atoms with Gasteiger partial charge in [-0.3, -0.25) is 9.59 Å². The van der Waals surface area contributed by atoms with Gasteiger partial charge in [-0.2, -0.15) is 0 Å². The van der Waals surface area contributed by atoms with E-state index >= 15 is 0 Å². The first-order valence-corrected chi connectivity index (χ1v) is 7.98. The van der Waals surface area contributed by atoms with Crippen LogP contribution in [0.5, 0.6) is 0 Å². The van der Waals surface area contributed by atoms with Crippen LogP contribution in [0.15, 0.2) is 54.6 Å².